The van der Waals surface area contributed by atoms with Gasteiger partial charge in [0.25, 0.3) is 0 Å². The molecule has 1 aromatic carbocycles. The number of anilines is 1. The molecule has 2 saturated heterocycles. The summed E-state index contributed by atoms with van der Waals surface area (Å²) >= 11 is 0. The SMILES string of the molecule is CCC(=O)N[C@@H]1C(C)(C)[C@@H]2C[C@@H]3[C@@H](c4ccc(N5CCCC5=O)cc4)OCC[C@@]31C2. The third-order valence-electron chi connectivity index (χ3n) is 8.74. The molecule has 5 atom stereocenters. The maximum atomic E-state index is 12.4. The predicted octanol–water partition coefficient (Wildman–Crippen LogP) is 4.22. The Morgan fingerprint density at radius 2 is 2.03 bits per heavy atom. The Kier molecular flexibility index (Phi) is 4.73. The molecule has 4 fully saturated rings. The summed E-state index contributed by atoms with van der Waals surface area (Å²) in [6.07, 6.45) is 5.60. The zero-order chi connectivity index (χ0) is 21.1. The fraction of sp³-hybridized carbons (Fsp3) is 0.680. The van der Waals surface area contributed by atoms with Gasteiger partial charge in [-0.2, -0.15) is 0 Å². The molecule has 2 bridgehead atoms. The molecule has 2 saturated carbocycles. The molecule has 1 N–H and O–H groups in total. The van der Waals surface area contributed by atoms with Gasteiger partial charge >= 0.3 is 0 Å². The molecule has 0 aromatic heterocycles. The van der Waals surface area contributed by atoms with Gasteiger partial charge < -0.3 is 15.0 Å². The third-order valence-corrected chi connectivity index (χ3v) is 8.74. The summed E-state index contributed by atoms with van der Waals surface area (Å²) in [5, 5.41) is 3.42. The number of nitrogens with zero attached hydrogens (tertiary/aromatic N) is 1. The lowest BCUT2D eigenvalue weighted by molar-refractivity contribution is -0.137. The van der Waals surface area contributed by atoms with Crippen LogP contribution < -0.4 is 10.2 Å². The summed E-state index contributed by atoms with van der Waals surface area (Å²) in [5.41, 5.74) is 2.46. The van der Waals surface area contributed by atoms with Crippen LogP contribution >= 0.6 is 0 Å². The van der Waals surface area contributed by atoms with Crippen molar-refractivity contribution in [2.75, 3.05) is 18.1 Å². The van der Waals surface area contributed by atoms with Crippen molar-refractivity contribution in [2.24, 2.45) is 22.7 Å². The second-order valence-corrected chi connectivity index (χ2v) is 10.4. The largest absolute Gasteiger partial charge is 0.373 e. The van der Waals surface area contributed by atoms with Crippen LogP contribution in [0.3, 0.4) is 0 Å². The minimum atomic E-state index is 0.0733. The Bertz CT molecular complexity index is 848. The monoisotopic (exact) mass is 410 g/mol. The number of ether oxygens (including phenoxy) is 1. The first-order valence-electron chi connectivity index (χ1n) is 11.7. The highest BCUT2D eigenvalue weighted by atomic mass is 16.5. The maximum absolute atomic E-state index is 12.4. The molecular weight excluding hydrogens is 376 g/mol. The second-order valence-electron chi connectivity index (χ2n) is 10.4. The first-order valence-corrected chi connectivity index (χ1v) is 11.7. The van der Waals surface area contributed by atoms with Gasteiger partial charge in [0.15, 0.2) is 0 Å². The Hall–Kier alpha value is -1.88. The minimum Gasteiger partial charge on any atom is -0.373 e. The Labute approximate surface area is 179 Å². The average Bonchev–Trinajstić information content (AvgIpc) is 3.40. The Morgan fingerprint density at radius 3 is 2.70 bits per heavy atom. The van der Waals surface area contributed by atoms with Crippen LogP contribution in [0.5, 0.6) is 0 Å². The molecule has 5 heteroatoms. The average molecular weight is 411 g/mol. The molecule has 5 rings (SSSR count). The molecule has 2 aliphatic heterocycles. The standard InChI is InChI=1S/C25H34N2O3/c1-4-20(28)26-23-24(2,3)17-14-19-22(30-13-11-25(19,23)15-17)16-7-9-18(10-8-16)27-12-5-6-21(27)29/h7-10,17,19,22-23H,4-6,11-15H2,1-3H3,(H,26,28)/t17-,19-,22-,23-,25-/m1/s1. The van der Waals surface area contributed by atoms with Crippen LogP contribution in [0.4, 0.5) is 5.69 Å². The van der Waals surface area contributed by atoms with Crippen LogP contribution in [-0.2, 0) is 14.3 Å². The molecule has 2 heterocycles. The first-order chi connectivity index (χ1) is 14.4. The lowest BCUT2D eigenvalue weighted by Gasteiger charge is -2.53. The van der Waals surface area contributed by atoms with Gasteiger partial charge in [-0.15, -0.1) is 0 Å². The predicted molar refractivity (Wildman–Crippen MR) is 116 cm³/mol. The molecule has 162 valence electrons. The first kappa shape index (κ1) is 20.0. The van der Waals surface area contributed by atoms with Crippen LogP contribution in [0.1, 0.15) is 71.0 Å². The van der Waals surface area contributed by atoms with E-state index in [1.165, 1.54) is 18.4 Å². The second kappa shape index (κ2) is 7.08. The van der Waals surface area contributed by atoms with Crippen molar-refractivity contribution in [3.05, 3.63) is 29.8 Å². The number of rotatable bonds is 4. The summed E-state index contributed by atoms with van der Waals surface area (Å²) in [6.45, 7) is 8.18. The van der Waals surface area contributed by atoms with Gasteiger partial charge in [-0.25, -0.2) is 0 Å². The van der Waals surface area contributed by atoms with Crippen molar-refractivity contribution in [2.45, 2.75) is 71.4 Å². The van der Waals surface area contributed by atoms with Crippen molar-refractivity contribution in [3.63, 3.8) is 0 Å². The summed E-state index contributed by atoms with van der Waals surface area (Å²) in [6, 6.07) is 8.69. The molecular formula is C25H34N2O3. The van der Waals surface area contributed by atoms with E-state index in [4.69, 9.17) is 4.74 Å². The van der Waals surface area contributed by atoms with Gasteiger partial charge in [-0.05, 0) is 66.0 Å². The van der Waals surface area contributed by atoms with Crippen LogP contribution in [0, 0.1) is 22.7 Å². The van der Waals surface area contributed by atoms with Crippen molar-refractivity contribution in [1.82, 2.24) is 5.32 Å². The Balaban J connectivity index is 1.42. The van der Waals surface area contributed by atoms with Gasteiger partial charge in [0.1, 0.15) is 0 Å². The number of amides is 2. The van der Waals surface area contributed by atoms with Crippen molar-refractivity contribution in [1.29, 1.82) is 0 Å². The summed E-state index contributed by atoms with van der Waals surface area (Å²) in [7, 11) is 0. The fourth-order valence-corrected chi connectivity index (χ4v) is 7.15. The molecule has 4 aliphatic rings. The lowest BCUT2D eigenvalue weighted by atomic mass is 9.59. The van der Waals surface area contributed by atoms with E-state index in [0.717, 1.165) is 31.7 Å². The normalized spacial score (nSPS) is 36.8. The zero-order valence-electron chi connectivity index (χ0n) is 18.4. The fourth-order valence-electron chi connectivity index (χ4n) is 7.15. The number of nitrogens with one attached hydrogen (secondary N) is 1. The van der Waals surface area contributed by atoms with Gasteiger partial charge in [0.05, 0.1) is 6.10 Å². The number of benzene rings is 1. The van der Waals surface area contributed by atoms with Crippen molar-refractivity contribution >= 4 is 17.5 Å². The van der Waals surface area contributed by atoms with E-state index in [0.29, 0.717) is 24.7 Å². The van der Waals surface area contributed by atoms with E-state index in [1.54, 1.807) is 0 Å². The van der Waals surface area contributed by atoms with E-state index in [-0.39, 0.29) is 34.8 Å². The quantitative estimate of drug-likeness (QED) is 0.808. The van der Waals surface area contributed by atoms with Gasteiger partial charge in [0.2, 0.25) is 11.8 Å². The van der Waals surface area contributed by atoms with E-state index >= 15 is 0 Å². The third kappa shape index (κ3) is 2.84. The highest BCUT2D eigenvalue weighted by molar-refractivity contribution is 5.95. The van der Waals surface area contributed by atoms with Crippen LogP contribution in [-0.4, -0.2) is 31.0 Å². The summed E-state index contributed by atoms with van der Waals surface area (Å²) in [4.78, 5) is 26.3. The molecule has 2 amide bonds. The molecule has 5 nitrogen and oxygen atoms in total. The number of hydrogen-bond acceptors (Lipinski definition) is 3. The van der Waals surface area contributed by atoms with Gasteiger partial charge in [-0.3, -0.25) is 9.59 Å². The molecule has 0 unspecified atom stereocenters. The topological polar surface area (TPSA) is 58.6 Å². The van der Waals surface area contributed by atoms with Crippen LogP contribution in [0.2, 0.25) is 0 Å². The molecule has 30 heavy (non-hydrogen) atoms. The van der Waals surface area contributed by atoms with Crippen LogP contribution in [0.25, 0.3) is 0 Å². The number of fused-ring (bicyclic) bond motifs is 1. The molecule has 2 aliphatic carbocycles. The minimum absolute atomic E-state index is 0.0733. The molecule has 1 spiro atoms. The number of carbonyl (C=O) groups excluding carboxylic acids is 2. The van der Waals surface area contributed by atoms with Gasteiger partial charge in [0, 0.05) is 37.7 Å². The van der Waals surface area contributed by atoms with Crippen molar-refractivity contribution in [3.8, 4) is 0 Å². The van der Waals surface area contributed by atoms with E-state index < -0.39 is 0 Å². The molecule has 0 radical (unpaired) electrons. The Morgan fingerprint density at radius 1 is 1.27 bits per heavy atom. The zero-order valence-corrected chi connectivity index (χ0v) is 18.4. The highest BCUT2D eigenvalue weighted by Crippen LogP contribution is 2.70. The van der Waals surface area contributed by atoms with E-state index in [9.17, 15) is 9.59 Å². The maximum Gasteiger partial charge on any atom is 0.227 e. The van der Waals surface area contributed by atoms with E-state index in [1.807, 2.05) is 11.8 Å². The van der Waals surface area contributed by atoms with E-state index in [2.05, 4.69) is 43.4 Å². The van der Waals surface area contributed by atoms with Crippen molar-refractivity contribution < 1.29 is 14.3 Å². The molecule has 1 aromatic rings. The highest BCUT2D eigenvalue weighted by Gasteiger charge is 2.68. The number of hydrogen-bond donors (Lipinski definition) is 1. The van der Waals surface area contributed by atoms with Crippen LogP contribution in [0.15, 0.2) is 24.3 Å². The van der Waals surface area contributed by atoms with Gasteiger partial charge in [-0.1, -0.05) is 32.9 Å². The smallest absolute Gasteiger partial charge is 0.227 e. The lowest BCUT2D eigenvalue weighted by Crippen LogP contribution is -2.58. The summed E-state index contributed by atoms with van der Waals surface area (Å²) in [5.74, 6) is 1.44. The summed E-state index contributed by atoms with van der Waals surface area (Å²) < 4.78 is 6.37. The number of carbonyl (C=O) groups is 2.